The molecule has 0 aliphatic carbocycles. The Hall–Kier alpha value is -0.960. The number of hydrogen-bond donors (Lipinski definition) is 2. The van der Waals surface area contributed by atoms with Crippen LogP contribution < -0.4 is 9.86 Å². The summed E-state index contributed by atoms with van der Waals surface area (Å²) >= 11 is 0. The van der Waals surface area contributed by atoms with E-state index in [9.17, 15) is 8.42 Å². The molecule has 0 saturated carbocycles. The van der Waals surface area contributed by atoms with Crippen molar-refractivity contribution in [1.82, 2.24) is 14.6 Å². The Morgan fingerprint density at radius 2 is 2.23 bits per heavy atom. The first-order valence-electron chi connectivity index (χ1n) is 7.58. The molecule has 126 valence electrons. The second-order valence-corrected chi connectivity index (χ2v) is 8.38. The molecule has 1 aromatic rings. The molecule has 7 nitrogen and oxygen atoms in total. The fourth-order valence-electron chi connectivity index (χ4n) is 2.62. The standard InChI is InChI=1S/C14H26N4O3S/c1-14(2,3)12-8-16-13(21-12)10-18-6-4-5-11(9-18)7-17-22(15,19)20/h8,11,17H,4-7,9-10H2,1-3H3,(H2,15,19,20). The molecular formula is C14H26N4O3S. The van der Waals surface area contributed by atoms with Gasteiger partial charge in [0.05, 0.1) is 12.7 Å². The topological polar surface area (TPSA) is 101 Å². The first kappa shape index (κ1) is 17.4. The second-order valence-electron chi connectivity index (χ2n) is 7.01. The van der Waals surface area contributed by atoms with Crippen LogP contribution >= 0.6 is 0 Å². The predicted molar refractivity (Wildman–Crippen MR) is 84.3 cm³/mol. The molecule has 22 heavy (non-hydrogen) atoms. The Bertz CT molecular complexity index is 591. The van der Waals surface area contributed by atoms with Crippen LogP contribution in [-0.2, 0) is 22.2 Å². The Balaban J connectivity index is 1.89. The van der Waals surface area contributed by atoms with Crippen molar-refractivity contribution in [1.29, 1.82) is 0 Å². The van der Waals surface area contributed by atoms with Gasteiger partial charge in [0, 0.05) is 18.5 Å². The molecule has 3 N–H and O–H groups in total. The third-order valence-corrected chi connectivity index (χ3v) is 4.40. The van der Waals surface area contributed by atoms with Gasteiger partial charge in [0.25, 0.3) is 10.2 Å². The Morgan fingerprint density at radius 1 is 1.50 bits per heavy atom. The zero-order valence-corrected chi connectivity index (χ0v) is 14.3. The summed E-state index contributed by atoms with van der Waals surface area (Å²) in [6, 6.07) is 0. The molecule has 1 aliphatic heterocycles. The number of piperidine rings is 1. The largest absolute Gasteiger partial charge is 0.444 e. The molecule has 0 aromatic carbocycles. The Labute approximate surface area is 132 Å². The van der Waals surface area contributed by atoms with E-state index in [1.807, 2.05) is 0 Å². The number of nitrogens with one attached hydrogen (secondary N) is 1. The third-order valence-electron chi connectivity index (χ3n) is 3.83. The summed E-state index contributed by atoms with van der Waals surface area (Å²) in [6.07, 6.45) is 3.82. The van der Waals surface area contributed by atoms with Crippen molar-refractivity contribution in [2.24, 2.45) is 11.1 Å². The van der Waals surface area contributed by atoms with Crippen LogP contribution in [0.1, 0.15) is 45.3 Å². The van der Waals surface area contributed by atoms with Crippen LogP contribution in [0.25, 0.3) is 0 Å². The molecule has 0 spiro atoms. The molecular weight excluding hydrogens is 304 g/mol. The van der Waals surface area contributed by atoms with Crippen LogP contribution in [-0.4, -0.2) is 37.9 Å². The molecule has 1 saturated heterocycles. The van der Waals surface area contributed by atoms with Crippen LogP contribution in [0.4, 0.5) is 0 Å². The number of oxazole rings is 1. The number of aromatic nitrogens is 1. The van der Waals surface area contributed by atoms with Crippen molar-refractivity contribution in [2.75, 3.05) is 19.6 Å². The van der Waals surface area contributed by atoms with Crippen LogP contribution in [0.3, 0.4) is 0 Å². The lowest BCUT2D eigenvalue weighted by Gasteiger charge is -2.31. The lowest BCUT2D eigenvalue weighted by Crippen LogP contribution is -2.42. The van der Waals surface area contributed by atoms with E-state index in [1.165, 1.54) is 0 Å². The summed E-state index contributed by atoms with van der Waals surface area (Å²) in [5.74, 6) is 1.86. The van der Waals surface area contributed by atoms with Gasteiger partial charge in [-0.25, -0.2) is 14.8 Å². The maximum absolute atomic E-state index is 11.0. The minimum absolute atomic E-state index is 0.0465. The summed E-state index contributed by atoms with van der Waals surface area (Å²) < 4.78 is 30.1. The predicted octanol–water partition coefficient (Wildman–Crippen LogP) is 0.977. The number of nitrogens with zero attached hydrogens (tertiary/aromatic N) is 2. The van der Waals surface area contributed by atoms with E-state index in [2.05, 4.69) is 35.4 Å². The van der Waals surface area contributed by atoms with Gasteiger partial charge in [-0.05, 0) is 25.3 Å². The lowest BCUT2D eigenvalue weighted by molar-refractivity contribution is 0.154. The van der Waals surface area contributed by atoms with Crippen molar-refractivity contribution >= 4 is 10.2 Å². The highest BCUT2D eigenvalue weighted by molar-refractivity contribution is 7.87. The normalized spacial score (nSPS) is 21.2. The molecule has 2 heterocycles. The SMILES string of the molecule is CC(C)(C)c1cnc(CN2CCCC(CNS(N)(=O)=O)C2)o1. The monoisotopic (exact) mass is 330 g/mol. The molecule has 8 heteroatoms. The summed E-state index contributed by atoms with van der Waals surface area (Å²) in [7, 11) is -3.61. The second kappa shape index (κ2) is 6.66. The van der Waals surface area contributed by atoms with Gasteiger partial charge in [-0.2, -0.15) is 8.42 Å². The maximum atomic E-state index is 11.0. The van der Waals surface area contributed by atoms with E-state index in [1.54, 1.807) is 6.20 Å². The highest BCUT2D eigenvalue weighted by Gasteiger charge is 2.24. The summed E-state index contributed by atoms with van der Waals surface area (Å²) in [5.41, 5.74) is -0.0465. The van der Waals surface area contributed by atoms with E-state index in [0.717, 1.165) is 31.7 Å². The molecule has 0 bridgehead atoms. The van der Waals surface area contributed by atoms with E-state index in [0.29, 0.717) is 19.0 Å². The number of hydrogen-bond acceptors (Lipinski definition) is 5. The zero-order valence-electron chi connectivity index (χ0n) is 13.5. The molecule has 1 unspecified atom stereocenters. The van der Waals surface area contributed by atoms with Crippen LogP contribution in [0, 0.1) is 5.92 Å². The highest BCUT2D eigenvalue weighted by Crippen LogP contribution is 2.24. The van der Waals surface area contributed by atoms with E-state index in [-0.39, 0.29) is 11.3 Å². The van der Waals surface area contributed by atoms with Crippen molar-refractivity contribution in [3.63, 3.8) is 0 Å². The minimum atomic E-state index is -3.61. The number of nitrogens with two attached hydrogens (primary N) is 1. The zero-order chi connectivity index (χ0) is 16.4. The van der Waals surface area contributed by atoms with Gasteiger partial charge in [0.15, 0.2) is 0 Å². The Kier molecular flexibility index (Phi) is 5.26. The average Bonchev–Trinajstić information content (AvgIpc) is 2.84. The van der Waals surface area contributed by atoms with Gasteiger partial charge < -0.3 is 4.42 Å². The van der Waals surface area contributed by atoms with E-state index in [4.69, 9.17) is 9.56 Å². The first-order valence-corrected chi connectivity index (χ1v) is 9.13. The van der Waals surface area contributed by atoms with Gasteiger partial charge in [-0.3, -0.25) is 4.90 Å². The van der Waals surface area contributed by atoms with Gasteiger partial charge >= 0.3 is 0 Å². The molecule has 1 atom stereocenters. The summed E-state index contributed by atoms with van der Waals surface area (Å²) in [4.78, 5) is 6.59. The molecule has 2 rings (SSSR count). The number of rotatable bonds is 5. The molecule has 0 radical (unpaired) electrons. The average molecular weight is 330 g/mol. The van der Waals surface area contributed by atoms with Crippen molar-refractivity contribution in [3.8, 4) is 0 Å². The van der Waals surface area contributed by atoms with Crippen molar-refractivity contribution in [2.45, 2.75) is 45.6 Å². The minimum Gasteiger partial charge on any atom is -0.444 e. The van der Waals surface area contributed by atoms with Gasteiger partial charge in [-0.1, -0.05) is 20.8 Å². The lowest BCUT2D eigenvalue weighted by atomic mass is 9.94. The quantitative estimate of drug-likeness (QED) is 0.838. The van der Waals surface area contributed by atoms with Crippen LogP contribution in [0.2, 0.25) is 0 Å². The van der Waals surface area contributed by atoms with E-state index < -0.39 is 10.2 Å². The Morgan fingerprint density at radius 3 is 2.82 bits per heavy atom. The number of likely N-dealkylation sites (tertiary alicyclic amines) is 1. The molecule has 1 aromatic heterocycles. The molecule has 1 aliphatic rings. The molecule has 0 amide bonds. The summed E-state index contributed by atoms with van der Waals surface area (Å²) in [5, 5.41) is 4.98. The highest BCUT2D eigenvalue weighted by atomic mass is 32.2. The maximum Gasteiger partial charge on any atom is 0.274 e. The third kappa shape index (κ3) is 5.35. The van der Waals surface area contributed by atoms with Gasteiger partial charge in [0.2, 0.25) is 5.89 Å². The van der Waals surface area contributed by atoms with Gasteiger partial charge in [-0.15, -0.1) is 0 Å². The first-order chi connectivity index (χ1) is 10.1. The van der Waals surface area contributed by atoms with Crippen molar-refractivity contribution in [3.05, 3.63) is 17.8 Å². The molecule has 1 fully saturated rings. The fraction of sp³-hybridized carbons (Fsp3) is 0.786. The van der Waals surface area contributed by atoms with Gasteiger partial charge in [0.1, 0.15) is 5.76 Å². The smallest absolute Gasteiger partial charge is 0.274 e. The summed E-state index contributed by atoms with van der Waals surface area (Å²) in [6.45, 7) is 9.10. The van der Waals surface area contributed by atoms with Crippen molar-refractivity contribution < 1.29 is 12.8 Å². The van der Waals surface area contributed by atoms with Crippen LogP contribution in [0.15, 0.2) is 10.6 Å². The van der Waals surface area contributed by atoms with Crippen LogP contribution in [0.5, 0.6) is 0 Å². The van der Waals surface area contributed by atoms with E-state index >= 15 is 0 Å². The fourth-order valence-corrected chi connectivity index (χ4v) is 3.08.